The Labute approximate surface area is 114 Å². The predicted molar refractivity (Wildman–Crippen MR) is 73.6 cm³/mol. The largest absolute Gasteiger partial charge is 0.497 e. The van der Waals surface area contributed by atoms with E-state index in [-0.39, 0.29) is 11.3 Å². The van der Waals surface area contributed by atoms with Crippen molar-refractivity contribution in [3.8, 4) is 16.9 Å². The SMILES string of the molecule is COc1ccc(-c2ccc(C(N)=O)cc2[N+](=O)[O-])cc1. The number of nitrogens with two attached hydrogens (primary N) is 1. The molecule has 0 spiro atoms. The van der Waals surface area contributed by atoms with Crippen molar-refractivity contribution in [2.45, 2.75) is 0 Å². The third kappa shape index (κ3) is 2.59. The Morgan fingerprint density at radius 2 is 1.85 bits per heavy atom. The Balaban J connectivity index is 2.54. The zero-order valence-corrected chi connectivity index (χ0v) is 10.7. The third-order valence-electron chi connectivity index (χ3n) is 2.88. The number of hydrogen-bond acceptors (Lipinski definition) is 4. The van der Waals surface area contributed by atoms with Gasteiger partial charge in [-0.2, -0.15) is 0 Å². The summed E-state index contributed by atoms with van der Waals surface area (Å²) in [4.78, 5) is 21.7. The number of benzene rings is 2. The minimum atomic E-state index is -0.700. The molecule has 0 aliphatic carbocycles. The summed E-state index contributed by atoms with van der Waals surface area (Å²) in [6, 6.07) is 11.0. The highest BCUT2D eigenvalue weighted by Crippen LogP contribution is 2.31. The summed E-state index contributed by atoms with van der Waals surface area (Å²) in [5.74, 6) is -0.0421. The van der Waals surface area contributed by atoms with Gasteiger partial charge in [-0.25, -0.2) is 0 Å². The molecular formula is C14H12N2O4. The Morgan fingerprint density at radius 1 is 1.20 bits per heavy atom. The minimum absolute atomic E-state index is 0.106. The Morgan fingerprint density at radius 3 is 2.35 bits per heavy atom. The van der Waals surface area contributed by atoms with Gasteiger partial charge in [0, 0.05) is 11.6 Å². The molecule has 0 aliphatic heterocycles. The molecule has 2 N–H and O–H groups in total. The van der Waals surface area contributed by atoms with E-state index in [1.165, 1.54) is 18.2 Å². The number of methoxy groups -OCH3 is 1. The van der Waals surface area contributed by atoms with Crippen LogP contribution in [0.25, 0.3) is 11.1 Å². The van der Waals surface area contributed by atoms with Crippen LogP contribution in [0.2, 0.25) is 0 Å². The van der Waals surface area contributed by atoms with E-state index in [4.69, 9.17) is 10.5 Å². The van der Waals surface area contributed by atoms with Crippen molar-refractivity contribution in [3.63, 3.8) is 0 Å². The molecule has 102 valence electrons. The van der Waals surface area contributed by atoms with Gasteiger partial charge in [0.15, 0.2) is 0 Å². The molecule has 2 rings (SSSR count). The molecule has 2 aromatic rings. The van der Waals surface area contributed by atoms with E-state index in [2.05, 4.69) is 0 Å². The fraction of sp³-hybridized carbons (Fsp3) is 0.0714. The van der Waals surface area contributed by atoms with Crippen LogP contribution in [-0.4, -0.2) is 17.9 Å². The first kappa shape index (κ1) is 13.5. The normalized spacial score (nSPS) is 10.1. The molecule has 20 heavy (non-hydrogen) atoms. The number of carbonyl (C=O) groups excluding carboxylic acids is 1. The molecule has 1 amide bonds. The van der Waals surface area contributed by atoms with Gasteiger partial charge in [0.25, 0.3) is 5.69 Å². The van der Waals surface area contributed by atoms with E-state index in [1.54, 1.807) is 31.4 Å². The van der Waals surface area contributed by atoms with Crippen LogP contribution < -0.4 is 10.5 Å². The zero-order valence-electron chi connectivity index (χ0n) is 10.7. The number of nitrogens with zero attached hydrogens (tertiary/aromatic N) is 1. The molecule has 6 heteroatoms. The van der Waals surface area contributed by atoms with Gasteiger partial charge in [-0.1, -0.05) is 12.1 Å². The minimum Gasteiger partial charge on any atom is -0.497 e. The number of rotatable bonds is 4. The van der Waals surface area contributed by atoms with E-state index in [0.717, 1.165) is 0 Å². The number of nitro groups is 1. The second-order valence-corrected chi connectivity index (χ2v) is 4.08. The van der Waals surface area contributed by atoms with Crippen LogP contribution in [-0.2, 0) is 0 Å². The average Bonchev–Trinajstić information content (AvgIpc) is 2.46. The van der Waals surface area contributed by atoms with Crippen LogP contribution in [0.5, 0.6) is 5.75 Å². The monoisotopic (exact) mass is 272 g/mol. The number of carbonyl (C=O) groups is 1. The van der Waals surface area contributed by atoms with Crippen molar-refractivity contribution < 1.29 is 14.5 Å². The molecule has 0 aromatic heterocycles. The van der Waals surface area contributed by atoms with E-state index in [0.29, 0.717) is 16.9 Å². The lowest BCUT2D eigenvalue weighted by molar-refractivity contribution is -0.384. The second kappa shape index (κ2) is 5.40. The molecule has 0 unspecified atom stereocenters. The van der Waals surface area contributed by atoms with Crippen LogP contribution in [0.15, 0.2) is 42.5 Å². The number of amides is 1. The molecule has 0 bridgehead atoms. The van der Waals surface area contributed by atoms with E-state index in [9.17, 15) is 14.9 Å². The maximum Gasteiger partial charge on any atom is 0.277 e. The van der Waals surface area contributed by atoms with Crippen molar-refractivity contribution in [3.05, 3.63) is 58.1 Å². The highest BCUT2D eigenvalue weighted by Gasteiger charge is 2.17. The van der Waals surface area contributed by atoms with Gasteiger partial charge in [0.2, 0.25) is 5.91 Å². The van der Waals surface area contributed by atoms with Gasteiger partial charge in [0.1, 0.15) is 5.75 Å². The maximum absolute atomic E-state index is 11.1. The molecular weight excluding hydrogens is 260 g/mol. The van der Waals surface area contributed by atoms with Gasteiger partial charge in [-0.3, -0.25) is 14.9 Å². The highest BCUT2D eigenvalue weighted by atomic mass is 16.6. The maximum atomic E-state index is 11.1. The Hall–Kier alpha value is -2.89. The summed E-state index contributed by atoms with van der Waals surface area (Å²) < 4.78 is 5.04. The summed E-state index contributed by atoms with van der Waals surface area (Å²) in [5, 5.41) is 11.1. The molecule has 0 saturated carbocycles. The van der Waals surface area contributed by atoms with Gasteiger partial charge in [-0.05, 0) is 29.8 Å². The van der Waals surface area contributed by atoms with Crippen molar-refractivity contribution in [1.82, 2.24) is 0 Å². The van der Waals surface area contributed by atoms with Gasteiger partial charge < -0.3 is 10.5 Å². The van der Waals surface area contributed by atoms with Crippen molar-refractivity contribution in [2.24, 2.45) is 5.73 Å². The molecule has 0 heterocycles. The standard InChI is InChI=1S/C14H12N2O4/c1-20-11-5-2-9(3-6-11)12-7-4-10(14(15)17)8-13(12)16(18)19/h2-8H,1H3,(H2,15,17). The Kier molecular flexibility index (Phi) is 3.65. The van der Waals surface area contributed by atoms with Crippen LogP contribution in [0.1, 0.15) is 10.4 Å². The number of ether oxygens (including phenoxy) is 1. The fourth-order valence-corrected chi connectivity index (χ4v) is 1.85. The zero-order chi connectivity index (χ0) is 14.7. The van der Waals surface area contributed by atoms with Gasteiger partial charge in [-0.15, -0.1) is 0 Å². The first-order chi connectivity index (χ1) is 9.52. The van der Waals surface area contributed by atoms with Crippen LogP contribution in [0.3, 0.4) is 0 Å². The molecule has 0 fully saturated rings. The summed E-state index contributed by atoms with van der Waals surface area (Å²) in [7, 11) is 1.54. The van der Waals surface area contributed by atoms with Crippen LogP contribution in [0, 0.1) is 10.1 Å². The number of nitro benzene ring substituents is 1. The molecule has 2 aromatic carbocycles. The first-order valence-electron chi connectivity index (χ1n) is 5.75. The lowest BCUT2D eigenvalue weighted by Gasteiger charge is -2.06. The first-order valence-corrected chi connectivity index (χ1v) is 5.75. The Bertz CT molecular complexity index is 665. The topological polar surface area (TPSA) is 95.5 Å². The summed E-state index contributed by atoms with van der Waals surface area (Å²) >= 11 is 0. The van der Waals surface area contributed by atoms with E-state index < -0.39 is 10.8 Å². The molecule has 6 nitrogen and oxygen atoms in total. The number of primary amides is 1. The van der Waals surface area contributed by atoms with Crippen molar-refractivity contribution in [1.29, 1.82) is 0 Å². The number of hydrogen-bond donors (Lipinski definition) is 1. The fourth-order valence-electron chi connectivity index (χ4n) is 1.85. The molecule has 0 aliphatic rings. The predicted octanol–water partition coefficient (Wildman–Crippen LogP) is 2.37. The average molecular weight is 272 g/mol. The molecule has 0 saturated heterocycles. The summed E-state index contributed by atoms with van der Waals surface area (Å²) in [6.45, 7) is 0. The van der Waals surface area contributed by atoms with Crippen LogP contribution >= 0.6 is 0 Å². The second-order valence-electron chi connectivity index (χ2n) is 4.08. The van der Waals surface area contributed by atoms with Crippen molar-refractivity contribution >= 4 is 11.6 Å². The molecule has 0 atom stereocenters. The quantitative estimate of drug-likeness (QED) is 0.682. The lowest BCUT2D eigenvalue weighted by Crippen LogP contribution is -2.11. The van der Waals surface area contributed by atoms with Crippen molar-refractivity contribution in [2.75, 3.05) is 7.11 Å². The summed E-state index contributed by atoms with van der Waals surface area (Å²) in [6.07, 6.45) is 0. The third-order valence-corrected chi connectivity index (χ3v) is 2.88. The van der Waals surface area contributed by atoms with Crippen LogP contribution in [0.4, 0.5) is 5.69 Å². The van der Waals surface area contributed by atoms with Gasteiger partial charge >= 0.3 is 0 Å². The van der Waals surface area contributed by atoms with Gasteiger partial charge in [0.05, 0.1) is 17.6 Å². The lowest BCUT2D eigenvalue weighted by atomic mass is 10.0. The summed E-state index contributed by atoms with van der Waals surface area (Å²) in [5.41, 5.74) is 6.16. The van der Waals surface area contributed by atoms with E-state index >= 15 is 0 Å². The van der Waals surface area contributed by atoms with E-state index in [1.807, 2.05) is 0 Å². The highest BCUT2D eigenvalue weighted by molar-refractivity contribution is 5.94. The smallest absolute Gasteiger partial charge is 0.277 e. The molecule has 0 radical (unpaired) electrons.